The average molecular weight is 251 g/mol. The Morgan fingerprint density at radius 3 is 3.20 bits per heavy atom. The van der Waals surface area contributed by atoms with Gasteiger partial charge in [0.2, 0.25) is 11.0 Å². The Bertz CT molecular complexity index is 302. The number of nitrogens with zero attached hydrogens (tertiary/aromatic N) is 2. The normalized spacial score (nSPS) is 20.4. The van der Waals surface area contributed by atoms with Crippen molar-refractivity contribution in [3.63, 3.8) is 0 Å². The number of hydrogen-bond donors (Lipinski definition) is 2. The van der Waals surface area contributed by atoms with E-state index in [9.17, 15) is 4.79 Å². The summed E-state index contributed by atoms with van der Waals surface area (Å²) in [6, 6.07) is -0.285. The van der Waals surface area contributed by atoms with Crippen LogP contribution in [0.1, 0.15) is 0 Å². The molecule has 0 aliphatic carbocycles. The van der Waals surface area contributed by atoms with Crippen molar-refractivity contribution in [1.82, 2.24) is 15.5 Å². The molecule has 1 amide bonds. The summed E-state index contributed by atoms with van der Waals surface area (Å²) in [6.45, 7) is 1.77. The van der Waals surface area contributed by atoms with Gasteiger partial charge in [-0.15, -0.1) is 22.6 Å². The number of nitrogens with one attached hydrogen (secondary N) is 2. The van der Waals surface area contributed by atoms with E-state index in [4.69, 9.17) is 4.74 Å². The van der Waals surface area contributed by atoms with Crippen LogP contribution in [0.5, 0.6) is 0 Å². The van der Waals surface area contributed by atoms with Crippen LogP contribution < -0.4 is 10.6 Å². The van der Waals surface area contributed by atoms with Crippen LogP contribution in [-0.4, -0.2) is 41.9 Å². The first-order valence-electron chi connectivity index (χ1n) is 4.24. The number of carbonyl (C=O) groups excluding carboxylic acids is 1. The fourth-order valence-corrected chi connectivity index (χ4v) is 1.60. The van der Waals surface area contributed by atoms with Gasteiger partial charge in [-0.1, -0.05) is 11.3 Å². The number of amides is 1. The number of anilines is 1. The topological polar surface area (TPSA) is 76.1 Å². The average Bonchev–Trinajstić information content (AvgIpc) is 2.72. The Balaban J connectivity index is 0.00000112. The lowest BCUT2D eigenvalue weighted by molar-refractivity contribution is -0.120. The molecule has 1 aromatic heterocycles. The fourth-order valence-electron chi connectivity index (χ4n) is 1.15. The summed E-state index contributed by atoms with van der Waals surface area (Å²) in [5, 5.41) is 13.6. The van der Waals surface area contributed by atoms with Crippen molar-refractivity contribution < 1.29 is 9.53 Å². The first-order valence-corrected chi connectivity index (χ1v) is 5.12. The number of morpholine rings is 1. The predicted molar refractivity (Wildman–Crippen MR) is 58.4 cm³/mol. The molecule has 1 aliphatic rings. The zero-order chi connectivity index (χ0) is 9.80. The third kappa shape index (κ3) is 3.38. The molecule has 2 heterocycles. The molecule has 15 heavy (non-hydrogen) atoms. The number of ether oxygens (including phenoxy) is 1. The van der Waals surface area contributed by atoms with Gasteiger partial charge in [-0.05, 0) is 0 Å². The SMILES string of the molecule is Cl.O=C(Nc1nncs1)[C@H]1COCCN1. The summed E-state index contributed by atoms with van der Waals surface area (Å²) < 4.78 is 5.17. The Labute approximate surface area is 96.8 Å². The molecular formula is C7H11ClN4O2S. The van der Waals surface area contributed by atoms with Crippen molar-refractivity contribution in [2.45, 2.75) is 6.04 Å². The molecule has 84 valence electrons. The summed E-state index contributed by atoms with van der Waals surface area (Å²) >= 11 is 1.29. The molecule has 8 heteroatoms. The molecule has 2 N–H and O–H groups in total. The second-order valence-corrected chi connectivity index (χ2v) is 3.65. The van der Waals surface area contributed by atoms with Crippen LogP contribution in [-0.2, 0) is 9.53 Å². The van der Waals surface area contributed by atoms with Crippen LogP contribution in [0.4, 0.5) is 5.13 Å². The molecule has 1 atom stereocenters. The first-order chi connectivity index (χ1) is 6.86. The number of hydrogen-bond acceptors (Lipinski definition) is 6. The quantitative estimate of drug-likeness (QED) is 0.766. The lowest BCUT2D eigenvalue weighted by Crippen LogP contribution is -2.48. The van der Waals surface area contributed by atoms with E-state index in [1.54, 1.807) is 5.51 Å². The van der Waals surface area contributed by atoms with E-state index in [0.717, 1.165) is 0 Å². The Hall–Kier alpha value is -0.760. The van der Waals surface area contributed by atoms with Crippen molar-refractivity contribution in [3.05, 3.63) is 5.51 Å². The van der Waals surface area contributed by atoms with E-state index < -0.39 is 0 Å². The molecule has 0 spiro atoms. The minimum atomic E-state index is -0.285. The Morgan fingerprint density at radius 2 is 2.60 bits per heavy atom. The first kappa shape index (κ1) is 12.3. The minimum Gasteiger partial charge on any atom is -0.378 e. The van der Waals surface area contributed by atoms with E-state index in [1.807, 2.05) is 0 Å². The van der Waals surface area contributed by atoms with Gasteiger partial charge >= 0.3 is 0 Å². The number of halogens is 1. The van der Waals surface area contributed by atoms with Crippen LogP contribution in [0.15, 0.2) is 5.51 Å². The lowest BCUT2D eigenvalue weighted by atomic mass is 10.2. The summed E-state index contributed by atoms with van der Waals surface area (Å²) in [7, 11) is 0. The Morgan fingerprint density at radius 1 is 1.73 bits per heavy atom. The number of carbonyl (C=O) groups is 1. The molecule has 1 aromatic rings. The van der Waals surface area contributed by atoms with Gasteiger partial charge in [-0.2, -0.15) is 0 Å². The van der Waals surface area contributed by atoms with E-state index in [0.29, 0.717) is 24.9 Å². The van der Waals surface area contributed by atoms with Crippen molar-refractivity contribution in [2.24, 2.45) is 0 Å². The van der Waals surface area contributed by atoms with Crippen LogP contribution in [0, 0.1) is 0 Å². The van der Waals surface area contributed by atoms with Gasteiger partial charge in [-0.25, -0.2) is 0 Å². The van der Waals surface area contributed by atoms with Gasteiger partial charge in [0.05, 0.1) is 13.2 Å². The van der Waals surface area contributed by atoms with Crippen LogP contribution >= 0.6 is 23.7 Å². The van der Waals surface area contributed by atoms with Gasteiger partial charge in [0.25, 0.3) is 0 Å². The standard InChI is InChI=1S/C7H10N4O2S.ClH/c12-6(5-3-13-2-1-8-5)10-7-11-9-4-14-7;/h4-5,8H,1-3H2,(H,10,11,12);1H/t5-;/m1./s1. The Kier molecular flexibility index (Phi) is 4.89. The fraction of sp³-hybridized carbons (Fsp3) is 0.571. The van der Waals surface area contributed by atoms with E-state index in [1.165, 1.54) is 11.3 Å². The van der Waals surface area contributed by atoms with Gasteiger partial charge in [-0.3, -0.25) is 10.1 Å². The predicted octanol–water partition coefficient (Wildman–Crippen LogP) is -0.113. The molecule has 1 fully saturated rings. The van der Waals surface area contributed by atoms with Crippen LogP contribution in [0.2, 0.25) is 0 Å². The highest BCUT2D eigenvalue weighted by molar-refractivity contribution is 7.13. The van der Waals surface area contributed by atoms with Crippen molar-refractivity contribution in [2.75, 3.05) is 25.1 Å². The summed E-state index contributed by atoms with van der Waals surface area (Å²) in [5.74, 6) is -0.124. The molecule has 0 radical (unpaired) electrons. The molecule has 0 saturated carbocycles. The zero-order valence-corrected chi connectivity index (χ0v) is 9.44. The van der Waals surface area contributed by atoms with Crippen molar-refractivity contribution in [3.8, 4) is 0 Å². The molecule has 1 saturated heterocycles. The van der Waals surface area contributed by atoms with Crippen molar-refractivity contribution in [1.29, 1.82) is 0 Å². The van der Waals surface area contributed by atoms with Gasteiger partial charge in [0.1, 0.15) is 11.6 Å². The highest BCUT2D eigenvalue weighted by Gasteiger charge is 2.21. The molecule has 1 aliphatic heterocycles. The van der Waals surface area contributed by atoms with Gasteiger partial charge < -0.3 is 10.1 Å². The van der Waals surface area contributed by atoms with Crippen LogP contribution in [0.3, 0.4) is 0 Å². The molecule has 6 nitrogen and oxygen atoms in total. The number of rotatable bonds is 2. The highest BCUT2D eigenvalue weighted by atomic mass is 35.5. The lowest BCUT2D eigenvalue weighted by Gasteiger charge is -2.22. The third-order valence-electron chi connectivity index (χ3n) is 1.83. The van der Waals surface area contributed by atoms with E-state index in [2.05, 4.69) is 20.8 Å². The maximum Gasteiger partial charge on any atom is 0.245 e. The van der Waals surface area contributed by atoms with Crippen molar-refractivity contribution >= 4 is 34.8 Å². The largest absolute Gasteiger partial charge is 0.378 e. The third-order valence-corrected chi connectivity index (χ3v) is 2.43. The second-order valence-electron chi connectivity index (χ2n) is 2.81. The summed E-state index contributed by atoms with van der Waals surface area (Å²) in [6.07, 6.45) is 0. The minimum absolute atomic E-state index is 0. The number of aromatic nitrogens is 2. The molecular weight excluding hydrogens is 240 g/mol. The second kappa shape index (κ2) is 5.96. The maximum absolute atomic E-state index is 11.6. The maximum atomic E-state index is 11.6. The summed E-state index contributed by atoms with van der Waals surface area (Å²) in [5.41, 5.74) is 1.57. The van der Waals surface area contributed by atoms with Gasteiger partial charge in [0, 0.05) is 6.54 Å². The molecule has 2 rings (SSSR count). The smallest absolute Gasteiger partial charge is 0.245 e. The monoisotopic (exact) mass is 250 g/mol. The highest BCUT2D eigenvalue weighted by Crippen LogP contribution is 2.08. The molecule has 0 aromatic carbocycles. The van der Waals surface area contributed by atoms with Gasteiger partial charge in [0.15, 0.2) is 0 Å². The van der Waals surface area contributed by atoms with E-state index in [-0.39, 0.29) is 24.4 Å². The molecule has 0 bridgehead atoms. The van der Waals surface area contributed by atoms with E-state index >= 15 is 0 Å². The zero-order valence-electron chi connectivity index (χ0n) is 7.80. The molecule has 0 unspecified atom stereocenters. The summed E-state index contributed by atoms with van der Waals surface area (Å²) in [4.78, 5) is 11.6. The van der Waals surface area contributed by atoms with Crippen LogP contribution in [0.25, 0.3) is 0 Å².